The van der Waals surface area contributed by atoms with Crippen molar-refractivity contribution in [3.05, 3.63) is 18.2 Å². The monoisotopic (exact) mass is 376 g/mol. The Hall–Kier alpha value is -1.27. The van der Waals surface area contributed by atoms with Crippen molar-refractivity contribution >= 4 is 7.82 Å². The van der Waals surface area contributed by atoms with E-state index in [4.69, 9.17) is 23.0 Å². The van der Waals surface area contributed by atoms with Crippen LogP contribution in [0.2, 0.25) is 0 Å². The quantitative estimate of drug-likeness (QED) is 0.377. The van der Waals surface area contributed by atoms with Crippen molar-refractivity contribution in [3.63, 3.8) is 0 Å². The topological polar surface area (TPSA) is 83.5 Å². The molecule has 0 amide bonds. The highest BCUT2D eigenvalue weighted by Crippen LogP contribution is 2.49. The fraction of sp³-hybridized carbons (Fsp3) is 0.647. The Balaban J connectivity index is 2.45. The Kier molecular flexibility index (Phi) is 10.6. The molecule has 0 unspecified atom stereocenters. The summed E-state index contributed by atoms with van der Waals surface area (Å²) >= 11 is 0. The minimum absolute atomic E-state index is 0.0317. The van der Waals surface area contributed by atoms with Crippen molar-refractivity contribution in [1.29, 1.82) is 0 Å². The Morgan fingerprint density at radius 3 is 2.12 bits per heavy atom. The molecule has 0 radical (unpaired) electrons. The molecule has 0 heterocycles. The molecule has 0 spiro atoms. The van der Waals surface area contributed by atoms with Crippen molar-refractivity contribution in [2.75, 3.05) is 33.5 Å². The lowest BCUT2D eigenvalue weighted by Crippen LogP contribution is -2.09. The molecule has 25 heavy (non-hydrogen) atoms. The molecule has 0 atom stereocenters. The predicted molar refractivity (Wildman–Crippen MR) is 95.4 cm³/mol. The maximum atomic E-state index is 12.5. The molecule has 8 heteroatoms. The smallest absolute Gasteiger partial charge is 0.474 e. The number of rotatable bonds is 14. The molecule has 0 aliphatic heterocycles. The molecule has 0 bridgehead atoms. The van der Waals surface area contributed by atoms with Gasteiger partial charge in [-0.3, -0.25) is 13.6 Å². The van der Waals surface area contributed by atoms with Crippen LogP contribution in [-0.4, -0.2) is 38.6 Å². The van der Waals surface area contributed by atoms with Crippen LogP contribution < -0.4 is 9.47 Å². The van der Waals surface area contributed by atoms with Crippen LogP contribution in [0.4, 0.5) is 0 Å². The number of ether oxygens (including phenoxy) is 2. The zero-order valence-electron chi connectivity index (χ0n) is 15.2. The zero-order chi connectivity index (χ0) is 18.5. The van der Waals surface area contributed by atoms with E-state index in [0.29, 0.717) is 24.7 Å². The van der Waals surface area contributed by atoms with Gasteiger partial charge in [0.1, 0.15) is 12.4 Å². The minimum atomic E-state index is -3.57. The third-order valence-corrected chi connectivity index (χ3v) is 4.74. The van der Waals surface area contributed by atoms with Gasteiger partial charge in [0, 0.05) is 6.07 Å². The molecule has 1 N–H and O–H groups in total. The first kappa shape index (κ1) is 21.8. The SMILES string of the molecule is CCCCOP(=O)(OCCCC)OCCOc1ccc(O)c(OC)c1. The first-order chi connectivity index (χ1) is 12.0. The molecule has 0 saturated carbocycles. The van der Waals surface area contributed by atoms with Gasteiger partial charge in [0.2, 0.25) is 0 Å². The van der Waals surface area contributed by atoms with E-state index < -0.39 is 7.82 Å². The lowest BCUT2D eigenvalue weighted by Gasteiger charge is -2.18. The van der Waals surface area contributed by atoms with E-state index in [1.807, 2.05) is 13.8 Å². The fourth-order valence-electron chi connectivity index (χ4n) is 1.81. The lowest BCUT2D eigenvalue weighted by atomic mass is 10.3. The summed E-state index contributed by atoms with van der Waals surface area (Å²) in [5.74, 6) is 0.853. The fourth-order valence-corrected chi connectivity index (χ4v) is 3.04. The molecule has 0 aliphatic carbocycles. The highest BCUT2D eigenvalue weighted by atomic mass is 31.2. The number of phosphoric acid groups is 1. The average Bonchev–Trinajstić information content (AvgIpc) is 2.60. The van der Waals surface area contributed by atoms with Crippen LogP contribution in [0.5, 0.6) is 17.2 Å². The number of phenols is 1. The second kappa shape index (κ2) is 12.1. The molecule has 0 fully saturated rings. The predicted octanol–water partition coefficient (Wildman–Crippen LogP) is 4.54. The molecular formula is C17H29O7P. The van der Waals surface area contributed by atoms with Gasteiger partial charge in [-0.05, 0) is 25.0 Å². The third-order valence-electron chi connectivity index (χ3n) is 3.25. The van der Waals surface area contributed by atoms with E-state index in [1.165, 1.54) is 13.2 Å². The molecule has 0 saturated heterocycles. The van der Waals surface area contributed by atoms with E-state index in [0.717, 1.165) is 25.7 Å². The zero-order valence-corrected chi connectivity index (χ0v) is 16.1. The second-order valence-corrected chi connectivity index (χ2v) is 7.01. The summed E-state index contributed by atoms with van der Waals surface area (Å²) in [4.78, 5) is 0. The minimum Gasteiger partial charge on any atom is -0.504 e. The van der Waals surface area contributed by atoms with Gasteiger partial charge in [0.05, 0.1) is 26.9 Å². The number of methoxy groups -OCH3 is 1. The maximum Gasteiger partial charge on any atom is 0.474 e. The van der Waals surface area contributed by atoms with E-state index in [2.05, 4.69) is 0 Å². The number of phosphoric ester groups is 1. The van der Waals surface area contributed by atoms with Gasteiger partial charge in [-0.15, -0.1) is 0 Å². The van der Waals surface area contributed by atoms with E-state index in [1.54, 1.807) is 12.1 Å². The highest BCUT2D eigenvalue weighted by Gasteiger charge is 2.26. The first-order valence-corrected chi connectivity index (χ1v) is 10.0. The van der Waals surface area contributed by atoms with Gasteiger partial charge in [0.25, 0.3) is 0 Å². The molecule has 0 aromatic heterocycles. The summed E-state index contributed by atoms with van der Waals surface area (Å²) in [6.45, 7) is 4.91. The molecular weight excluding hydrogens is 347 g/mol. The van der Waals surface area contributed by atoms with Gasteiger partial charge in [-0.2, -0.15) is 0 Å². The molecule has 1 rings (SSSR count). The number of hydrogen-bond acceptors (Lipinski definition) is 7. The summed E-state index contributed by atoms with van der Waals surface area (Å²) in [6.07, 6.45) is 3.43. The van der Waals surface area contributed by atoms with E-state index >= 15 is 0 Å². The Bertz CT molecular complexity index is 522. The molecule has 7 nitrogen and oxygen atoms in total. The third kappa shape index (κ3) is 8.59. The van der Waals surface area contributed by atoms with Gasteiger partial charge < -0.3 is 14.6 Å². The lowest BCUT2D eigenvalue weighted by molar-refractivity contribution is 0.0979. The van der Waals surface area contributed by atoms with E-state index in [-0.39, 0.29) is 19.0 Å². The Morgan fingerprint density at radius 1 is 0.960 bits per heavy atom. The summed E-state index contributed by atoms with van der Waals surface area (Å²) in [7, 11) is -2.11. The van der Waals surface area contributed by atoms with Gasteiger partial charge in [-0.1, -0.05) is 26.7 Å². The molecule has 1 aromatic carbocycles. The molecule has 144 valence electrons. The summed E-state index contributed by atoms with van der Waals surface area (Å²) in [6, 6.07) is 4.64. The van der Waals surface area contributed by atoms with Crippen molar-refractivity contribution in [1.82, 2.24) is 0 Å². The van der Waals surface area contributed by atoms with Gasteiger partial charge in [0.15, 0.2) is 11.5 Å². The normalized spacial score (nSPS) is 11.5. The van der Waals surface area contributed by atoms with Crippen LogP contribution in [0.3, 0.4) is 0 Å². The van der Waals surface area contributed by atoms with Crippen molar-refractivity contribution in [2.45, 2.75) is 39.5 Å². The van der Waals surface area contributed by atoms with Gasteiger partial charge in [-0.25, -0.2) is 4.57 Å². The largest absolute Gasteiger partial charge is 0.504 e. The number of aromatic hydroxyl groups is 1. The van der Waals surface area contributed by atoms with Crippen molar-refractivity contribution in [3.8, 4) is 17.2 Å². The van der Waals surface area contributed by atoms with Crippen LogP contribution in [0.15, 0.2) is 18.2 Å². The number of hydrogen-bond donors (Lipinski definition) is 1. The Labute approximate surface area is 149 Å². The second-order valence-electron chi connectivity index (χ2n) is 5.34. The maximum absolute atomic E-state index is 12.5. The highest BCUT2D eigenvalue weighted by molar-refractivity contribution is 7.48. The Morgan fingerprint density at radius 2 is 1.56 bits per heavy atom. The van der Waals surface area contributed by atoms with Gasteiger partial charge >= 0.3 is 7.82 Å². The number of unbranched alkanes of at least 4 members (excludes halogenated alkanes) is 2. The van der Waals surface area contributed by atoms with Crippen LogP contribution in [0.1, 0.15) is 39.5 Å². The van der Waals surface area contributed by atoms with Crippen LogP contribution in [0, 0.1) is 0 Å². The summed E-state index contributed by atoms with van der Waals surface area (Å²) < 4.78 is 39.0. The van der Waals surface area contributed by atoms with Crippen molar-refractivity contribution in [2.24, 2.45) is 0 Å². The van der Waals surface area contributed by atoms with Crippen LogP contribution in [-0.2, 0) is 18.1 Å². The van der Waals surface area contributed by atoms with E-state index in [9.17, 15) is 9.67 Å². The standard InChI is InChI=1S/C17H29O7P/c1-4-6-10-22-25(19,23-11-7-5-2)24-13-12-21-15-8-9-16(18)17(14-15)20-3/h8-9,14,18H,4-7,10-13H2,1-3H3. The molecule has 0 aliphatic rings. The number of benzene rings is 1. The van der Waals surface area contributed by atoms with Crippen molar-refractivity contribution < 1.29 is 32.7 Å². The first-order valence-electron chi connectivity index (χ1n) is 8.58. The summed E-state index contributed by atoms with van der Waals surface area (Å²) in [5.41, 5.74) is 0. The average molecular weight is 376 g/mol. The molecule has 1 aromatic rings. The number of phenolic OH excluding ortho intramolecular Hbond substituents is 1. The summed E-state index contributed by atoms with van der Waals surface area (Å²) in [5, 5.41) is 9.54. The van der Waals surface area contributed by atoms with Crippen LogP contribution in [0.25, 0.3) is 0 Å². The van der Waals surface area contributed by atoms with Crippen LogP contribution >= 0.6 is 7.82 Å².